The van der Waals surface area contributed by atoms with Gasteiger partial charge in [-0.25, -0.2) is 0 Å². The van der Waals surface area contributed by atoms with Crippen molar-refractivity contribution in [2.45, 2.75) is 46.0 Å². The molecule has 1 aromatic rings. The molecule has 1 rings (SSSR count). The van der Waals surface area contributed by atoms with Crippen LogP contribution in [0.2, 0.25) is 0 Å². The number of benzene rings is 1. The molecule has 0 radical (unpaired) electrons. The molecule has 0 atom stereocenters. The first-order valence-corrected chi connectivity index (χ1v) is 9.77. The summed E-state index contributed by atoms with van der Waals surface area (Å²) in [5.41, 5.74) is 1.73. The maximum atomic E-state index is 12.1. The van der Waals surface area contributed by atoms with Gasteiger partial charge in [0.1, 0.15) is 6.61 Å². The van der Waals surface area contributed by atoms with Crippen molar-refractivity contribution in [2.24, 2.45) is 4.99 Å². The second-order valence-corrected chi connectivity index (χ2v) is 6.51. The van der Waals surface area contributed by atoms with E-state index in [0.717, 1.165) is 50.5 Å². The van der Waals surface area contributed by atoms with Gasteiger partial charge < -0.3 is 20.3 Å². The predicted octanol–water partition coefficient (Wildman–Crippen LogP) is 3.55. The van der Waals surface area contributed by atoms with Crippen molar-refractivity contribution < 1.29 is 17.9 Å². The zero-order valence-electron chi connectivity index (χ0n) is 17.1. The normalized spacial score (nSPS) is 12.5. The standard InChI is InChI=1S/C20H33F3N4O/c1-4-27(5-2)13-7-6-12-25-19(24-3)26-14-17-8-10-18(11-9-17)15-28-16-20(21,22)23/h8-11H,4-7,12-16H2,1-3H3,(H2,24,25,26). The van der Waals surface area contributed by atoms with Crippen LogP contribution in [0.5, 0.6) is 0 Å². The van der Waals surface area contributed by atoms with Gasteiger partial charge in [0.25, 0.3) is 0 Å². The van der Waals surface area contributed by atoms with Crippen LogP contribution in [0, 0.1) is 0 Å². The van der Waals surface area contributed by atoms with Crippen LogP contribution in [0.15, 0.2) is 29.3 Å². The molecule has 1 aromatic carbocycles. The van der Waals surface area contributed by atoms with Crippen LogP contribution in [0.3, 0.4) is 0 Å². The lowest BCUT2D eigenvalue weighted by Crippen LogP contribution is -2.37. The molecule has 5 nitrogen and oxygen atoms in total. The zero-order valence-corrected chi connectivity index (χ0v) is 17.1. The van der Waals surface area contributed by atoms with E-state index in [1.165, 1.54) is 0 Å². The number of hydrogen-bond acceptors (Lipinski definition) is 3. The fourth-order valence-corrected chi connectivity index (χ4v) is 2.65. The maximum absolute atomic E-state index is 12.1. The molecule has 0 saturated heterocycles. The molecular formula is C20H33F3N4O. The monoisotopic (exact) mass is 402 g/mol. The number of rotatable bonds is 12. The number of hydrogen-bond donors (Lipinski definition) is 2. The third-order valence-corrected chi connectivity index (χ3v) is 4.33. The Morgan fingerprint density at radius 2 is 1.68 bits per heavy atom. The fourth-order valence-electron chi connectivity index (χ4n) is 2.65. The third kappa shape index (κ3) is 11.1. The van der Waals surface area contributed by atoms with E-state index in [0.29, 0.717) is 12.1 Å². The van der Waals surface area contributed by atoms with E-state index in [1.807, 2.05) is 12.1 Å². The Bertz CT molecular complexity index is 558. The third-order valence-electron chi connectivity index (χ3n) is 4.33. The topological polar surface area (TPSA) is 48.9 Å². The molecule has 0 spiro atoms. The van der Waals surface area contributed by atoms with E-state index in [2.05, 4.69) is 39.1 Å². The second-order valence-electron chi connectivity index (χ2n) is 6.51. The van der Waals surface area contributed by atoms with Gasteiger partial charge in [0, 0.05) is 20.1 Å². The van der Waals surface area contributed by atoms with Gasteiger partial charge in [0.05, 0.1) is 6.61 Å². The van der Waals surface area contributed by atoms with Crippen molar-refractivity contribution >= 4 is 5.96 Å². The van der Waals surface area contributed by atoms with Gasteiger partial charge in [-0.3, -0.25) is 4.99 Å². The Morgan fingerprint density at radius 3 is 2.25 bits per heavy atom. The van der Waals surface area contributed by atoms with Gasteiger partial charge in [-0.15, -0.1) is 0 Å². The minimum atomic E-state index is -4.29. The number of guanidine groups is 1. The number of aliphatic imine (C=N–C) groups is 1. The van der Waals surface area contributed by atoms with Crippen molar-refractivity contribution in [3.8, 4) is 0 Å². The number of halogens is 3. The van der Waals surface area contributed by atoms with Crippen LogP contribution in [0.25, 0.3) is 0 Å². The maximum Gasteiger partial charge on any atom is 0.411 e. The fraction of sp³-hybridized carbons (Fsp3) is 0.650. The van der Waals surface area contributed by atoms with E-state index in [4.69, 9.17) is 0 Å². The van der Waals surface area contributed by atoms with E-state index >= 15 is 0 Å². The van der Waals surface area contributed by atoms with Crippen molar-refractivity contribution in [3.63, 3.8) is 0 Å². The minimum absolute atomic E-state index is 0.0517. The molecule has 0 fully saturated rings. The van der Waals surface area contributed by atoms with Crippen molar-refractivity contribution in [1.82, 2.24) is 15.5 Å². The molecule has 2 N–H and O–H groups in total. The highest BCUT2D eigenvalue weighted by atomic mass is 19.4. The highest BCUT2D eigenvalue weighted by Gasteiger charge is 2.27. The molecular weight excluding hydrogens is 369 g/mol. The molecule has 28 heavy (non-hydrogen) atoms. The summed E-state index contributed by atoms with van der Waals surface area (Å²) in [6.45, 7) is 7.79. The molecule has 8 heteroatoms. The Hall–Kier alpha value is -1.80. The molecule has 0 aliphatic rings. The number of nitrogens with zero attached hydrogens (tertiary/aromatic N) is 2. The van der Waals surface area contributed by atoms with Gasteiger partial charge >= 0.3 is 6.18 Å². The average molecular weight is 403 g/mol. The van der Waals surface area contributed by atoms with Crippen LogP contribution in [0.1, 0.15) is 37.8 Å². The van der Waals surface area contributed by atoms with Crippen molar-refractivity contribution in [3.05, 3.63) is 35.4 Å². The Balaban J connectivity index is 2.26. The molecule has 0 heterocycles. The van der Waals surface area contributed by atoms with Crippen LogP contribution in [-0.2, 0) is 17.9 Å². The van der Waals surface area contributed by atoms with Crippen molar-refractivity contribution in [2.75, 3.05) is 39.8 Å². The lowest BCUT2D eigenvalue weighted by Gasteiger charge is -2.18. The first-order valence-electron chi connectivity index (χ1n) is 9.77. The number of nitrogens with one attached hydrogen (secondary N) is 2. The molecule has 0 unspecified atom stereocenters. The number of alkyl halides is 3. The van der Waals surface area contributed by atoms with Gasteiger partial charge in [0.15, 0.2) is 5.96 Å². The quantitative estimate of drug-likeness (QED) is 0.319. The summed E-state index contributed by atoms with van der Waals surface area (Å²) >= 11 is 0. The first-order chi connectivity index (χ1) is 13.4. The molecule has 0 bridgehead atoms. The molecule has 0 amide bonds. The first kappa shape index (κ1) is 24.2. The van der Waals surface area contributed by atoms with Gasteiger partial charge in [-0.2, -0.15) is 13.2 Å². The van der Waals surface area contributed by atoms with Gasteiger partial charge in [-0.05, 0) is 43.6 Å². The van der Waals surface area contributed by atoms with Gasteiger partial charge in [-0.1, -0.05) is 38.1 Å². The lowest BCUT2D eigenvalue weighted by atomic mass is 10.1. The van der Waals surface area contributed by atoms with Crippen LogP contribution >= 0.6 is 0 Å². The summed E-state index contributed by atoms with van der Waals surface area (Å²) in [4.78, 5) is 6.61. The summed E-state index contributed by atoms with van der Waals surface area (Å²) < 4.78 is 40.9. The van der Waals surface area contributed by atoms with Crippen LogP contribution in [-0.4, -0.2) is 56.9 Å². The summed E-state index contributed by atoms with van der Waals surface area (Å²) in [7, 11) is 1.73. The summed E-state index contributed by atoms with van der Waals surface area (Å²) in [6.07, 6.45) is -2.08. The number of ether oxygens (including phenoxy) is 1. The van der Waals surface area contributed by atoms with Crippen LogP contribution < -0.4 is 10.6 Å². The Labute approximate surface area is 166 Å². The van der Waals surface area contributed by atoms with E-state index < -0.39 is 12.8 Å². The summed E-state index contributed by atoms with van der Waals surface area (Å²) in [6, 6.07) is 7.29. The molecule has 0 aromatic heterocycles. The SMILES string of the molecule is CCN(CC)CCCCNC(=NC)NCc1ccc(COCC(F)(F)F)cc1. The van der Waals surface area contributed by atoms with Crippen molar-refractivity contribution in [1.29, 1.82) is 0 Å². The highest BCUT2D eigenvalue weighted by molar-refractivity contribution is 5.79. The Morgan fingerprint density at radius 1 is 1.04 bits per heavy atom. The average Bonchev–Trinajstić information content (AvgIpc) is 2.67. The Kier molecular flexibility index (Phi) is 11.6. The molecule has 0 aliphatic heterocycles. The molecule has 0 aliphatic carbocycles. The van der Waals surface area contributed by atoms with Gasteiger partial charge in [0.2, 0.25) is 0 Å². The number of unbranched alkanes of at least 4 members (excludes halogenated alkanes) is 1. The zero-order chi connectivity index (χ0) is 20.8. The largest absolute Gasteiger partial charge is 0.411 e. The molecule has 160 valence electrons. The predicted molar refractivity (Wildman–Crippen MR) is 107 cm³/mol. The second kappa shape index (κ2) is 13.4. The highest BCUT2D eigenvalue weighted by Crippen LogP contribution is 2.15. The van der Waals surface area contributed by atoms with Crippen LogP contribution in [0.4, 0.5) is 13.2 Å². The smallest absolute Gasteiger partial charge is 0.367 e. The molecule has 0 saturated carbocycles. The minimum Gasteiger partial charge on any atom is -0.367 e. The van der Waals surface area contributed by atoms with E-state index in [9.17, 15) is 13.2 Å². The van der Waals surface area contributed by atoms with E-state index in [-0.39, 0.29) is 6.61 Å². The summed E-state index contributed by atoms with van der Waals surface area (Å²) in [5.74, 6) is 0.737. The van der Waals surface area contributed by atoms with E-state index in [1.54, 1.807) is 19.2 Å². The summed E-state index contributed by atoms with van der Waals surface area (Å²) in [5, 5.41) is 6.54. The lowest BCUT2D eigenvalue weighted by molar-refractivity contribution is -0.176.